The van der Waals surface area contributed by atoms with Crippen molar-refractivity contribution in [3.8, 4) is 0 Å². The third-order valence-electron chi connectivity index (χ3n) is 5.46. The summed E-state index contributed by atoms with van der Waals surface area (Å²) >= 11 is 2.27. The number of hydrogen-bond acceptors (Lipinski definition) is 2. The highest BCUT2D eigenvalue weighted by Crippen LogP contribution is 2.51. The number of benzene rings is 2. The van der Waals surface area contributed by atoms with E-state index in [-0.39, 0.29) is 6.10 Å². The van der Waals surface area contributed by atoms with Crippen LogP contribution in [0.5, 0.6) is 0 Å². The second kappa shape index (κ2) is 9.11. The molecule has 1 fully saturated rings. The maximum absolute atomic E-state index is 14.1. The zero-order valence-electron chi connectivity index (χ0n) is 16.3. The normalized spacial score (nSPS) is 25.1. The molecule has 2 aromatic carbocycles. The molecule has 2 aromatic rings. The molecule has 27 heavy (non-hydrogen) atoms. The highest BCUT2D eigenvalue weighted by Gasteiger charge is 2.38. The van der Waals surface area contributed by atoms with Gasteiger partial charge in [0.15, 0.2) is 0 Å². The Hall–Kier alpha value is -0.840. The molecule has 1 saturated carbocycles. The van der Waals surface area contributed by atoms with Crippen molar-refractivity contribution >= 4 is 41.1 Å². The highest BCUT2D eigenvalue weighted by molar-refractivity contribution is 14.1. The molecular formula is C22H29INO2P. The predicted octanol–water partition coefficient (Wildman–Crippen LogP) is 6.70. The summed E-state index contributed by atoms with van der Waals surface area (Å²) in [5, 5.41) is 3.98. The van der Waals surface area contributed by atoms with Crippen LogP contribution in [0.25, 0.3) is 0 Å². The van der Waals surface area contributed by atoms with Crippen molar-refractivity contribution in [1.82, 2.24) is 0 Å². The van der Waals surface area contributed by atoms with Crippen LogP contribution in [-0.4, -0.2) is 6.10 Å². The van der Waals surface area contributed by atoms with Gasteiger partial charge in [0.1, 0.15) is 0 Å². The highest BCUT2D eigenvalue weighted by atomic mass is 127. The van der Waals surface area contributed by atoms with Crippen LogP contribution in [0.15, 0.2) is 54.6 Å². The molecule has 0 radical (unpaired) electrons. The number of halogens is 1. The molecule has 0 unspecified atom stereocenters. The molecule has 0 amide bonds. The van der Waals surface area contributed by atoms with Crippen molar-refractivity contribution in [3.05, 3.63) is 58.2 Å². The van der Waals surface area contributed by atoms with E-state index in [1.54, 1.807) is 0 Å². The van der Waals surface area contributed by atoms with Gasteiger partial charge in [0, 0.05) is 9.26 Å². The minimum Gasteiger partial charge on any atom is -0.312 e. The average Bonchev–Trinajstić information content (AvgIpc) is 2.64. The van der Waals surface area contributed by atoms with Gasteiger partial charge in [0.2, 0.25) is 0 Å². The first kappa shape index (κ1) is 20.9. The van der Waals surface area contributed by atoms with Crippen molar-refractivity contribution in [3.63, 3.8) is 0 Å². The quantitative estimate of drug-likeness (QED) is 0.357. The van der Waals surface area contributed by atoms with Gasteiger partial charge in [0.05, 0.1) is 11.4 Å². The standard InChI is InChI=1S/C22H29INO2P/c1-16(2)21-14-9-17(3)15-22(21)26-27(25,20-7-5-4-6-8-20)24-19-12-10-18(23)11-13-19/h4-8,10-13,16-17,21-22H,9,14-15H2,1-3H3,(H,24,25)/t17-,21-,22-,27-/m1/s1. The van der Waals surface area contributed by atoms with Crippen LogP contribution in [0.3, 0.4) is 0 Å². The molecule has 1 aliphatic rings. The number of nitrogens with one attached hydrogen (secondary N) is 1. The predicted molar refractivity (Wildman–Crippen MR) is 123 cm³/mol. The summed E-state index contributed by atoms with van der Waals surface area (Å²) in [5.74, 6) is 1.56. The molecule has 3 nitrogen and oxygen atoms in total. The molecule has 1 aliphatic carbocycles. The smallest absolute Gasteiger partial charge is 0.312 e. The first-order valence-electron chi connectivity index (χ1n) is 9.75. The first-order valence-corrected chi connectivity index (χ1v) is 12.5. The molecule has 0 aromatic heterocycles. The Kier molecular flexibility index (Phi) is 7.04. The van der Waals surface area contributed by atoms with E-state index in [2.05, 4.69) is 48.4 Å². The monoisotopic (exact) mass is 497 g/mol. The number of hydrogen-bond donors (Lipinski definition) is 1. The molecule has 0 heterocycles. The third-order valence-corrected chi connectivity index (χ3v) is 8.28. The number of anilines is 1. The van der Waals surface area contributed by atoms with Crippen molar-refractivity contribution in [2.24, 2.45) is 17.8 Å². The molecule has 5 heteroatoms. The van der Waals surface area contributed by atoms with Gasteiger partial charge in [-0.3, -0.25) is 4.57 Å². The second-order valence-corrected chi connectivity index (χ2v) is 11.3. The van der Waals surface area contributed by atoms with Gasteiger partial charge in [0.25, 0.3) is 0 Å². The molecule has 4 atom stereocenters. The van der Waals surface area contributed by atoms with Gasteiger partial charge in [-0.25, -0.2) is 0 Å². The lowest BCUT2D eigenvalue weighted by Crippen LogP contribution is -2.35. The van der Waals surface area contributed by atoms with Gasteiger partial charge < -0.3 is 9.61 Å². The minimum atomic E-state index is -3.23. The fourth-order valence-corrected chi connectivity index (χ4v) is 6.24. The van der Waals surface area contributed by atoms with Crippen molar-refractivity contribution in [2.45, 2.75) is 46.1 Å². The van der Waals surface area contributed by atoms with Gasteiger partial charge >= 0.3 is 7.52 Å². The van der Waals surface area contributed by atoms with Crippen LogP contribution in [0.2, 0.25) is 0 Å². The fraction of sp³-hybridized carbons (Fsp3) is 0.455. The lowest BCUT2D eigenvalue weighted by molar-refractivity contribution is 0.0506. The van der Waals surface area contributed by atoms with E-state index in [9.17, 15) is 4.57 Å². The second-order valence-electron chi connectivity index (χ2n) is 7.98. The molecule has 0 bridgehead atoms. The number of rotatable bonds is 6. The molecule has 0 spiro atoms. The maximum Gasteiger partial charge on any atom is 0.324 e. The summed E-state index contributed by atoms with van der Waals surface area (Å²) < 4.78 is 21.7. The van der Waals surface area contributed by atoms with E-state index in [1.165, 1.54) is 6.42 Å². The Balaban J connectivity index is 1.91. The Morgan fingerprint density at radius 1 is 1.07 bits per heavy atom. The average molecular weight is 497 g/mol. The summed E-state index contributed by atoms with van der Waals surface area (Å²) in [6.45, 7) is 6.76. The first-order chi connectivity index (χ1) is 12.9. The third kappa shape index (κ3) is 5.36. The van der Waals surface area contributed by atoms with Crippen LogP contribution >= 0.6 is 30.1 Å². The molecule has 146 valence electrons. The van der Waals surface area contributed by atoms with E-state index < -0.39 is 7.52 Å². The van der Waals surface area contributed by atoms with Crippen molar-refractivity contribution < 1.29 is 9.09 Å². The Labute approximate surface area is 176 Å². The van der Waals surface area contributed by atoms with E-state index >= 15 is 0 Å². The largest absolute Gasteiger partial charge is 0.324 e. The van der Waals surface area contributed by atoms with E-state index in [0.717, 1.165) is 27.4 Å². The van der Waals surface area contributed by atoms with E-state index in [0.29, 0.717) is 17.8 Å². The lowest BCUT2D eigenvalue weighted by atomic mass is 9.75. The van der Waals surface area contributed by atoms with Crippen LogP contribution in [-0.2, 0) is 9.09 Å². The zero-order valence-corrected chi connectivity index (χ0v) is 19.3. The van der Waals surface area contributed by atoms with Gasteiger partial charge in [-0.05, 0) is 89.6 Å². The zero-order chi connectivity index (χ0) is 19.4. The van der Waals surface area contributed by atoms with E-state index in [4.69, 9.17) is 4.52 Å². The van der Waals surface area contributed by atoms with Crippen molar-refractivity contribution in [1.29, 1.82) is 0 Å². The summed E-state index contributed by atoms with van der Waals surface area (Å²) in [4.78, 5) is 0. The van der Waals surface area contributed by atoms with Gasteiger partial charge in [-0.2, -0.15) is 0 Å². The lowest BCUT2D eigenvalue weighted by Gasteiger charge is -2.39. The minimum absolute atomic E-state index is 0.0103. The SMILES string of the molecule is CC(C)[C@H]1CC[C@@H](C)C[C@H]1O[P@@](=O)(Nc1ccc(I)cc1)c1ccccc1. The van der Waals surface area contributed by atoms with Gasteiger partial charge in [-0.15, -0.1) is 0 Å². The molecule has 0 aliphatic heterocycles. The van der Waals surface area contributed by atoms with Gasteiger partial charge in [-0.1, -0.05) is 45.4 Å². The van der Waals surface area contributed by atoms with Crippen LogP contribution < -0.4 is 10.4 Å². The molecular weight excluding hydrogens is 468 g/mol. The summed E-state index contributed by atoms with van der Waals surface area (Å²) in [7, 11) is -3.23. The fourth-order valence-electron chi connectivity index (χ4n) is 3.90. The van der Waals surface area contributed by atoms with Crippen LogP contribution in [0, 0.1) is 21.3 Å². The molecule has 3 rings (SSSR count). The summed E-state index contributed by atoms with van der Waals surface area (Å²) in [6, 6.07) is 17.5. The Morgan fingerprint density at radius 3 is 2.37 bits per heavy atom. The van der Waals surface area contributed by atoms with Crippen LogP contribution in [0.4, 0.5) is 5.69 Å². The summed E-state index contributed by atoms with van der Waals surface area (Å²) in [6.07, 6.45) is 3.34. The maximum atomic E-state index is 14.1. The topological polar surface area (TPSA) is 38.3 Å². The molecule has 0 saturated heterocycles. The Morgan fingerprint density at radius 2 is 1.74 bits per heavy atom. The van der Waals surface area contributed by atoms with Crippen molar-refractivity contribution in [2.75, 3.05) is 5.09 Å². The summed E-state index contributed by atoms with van der Waals surface area (Å²) in [5.41, 5.74) is 0.826. The molecule has 1 N–H and O–H groups in total. The van der Waals surface area contributed by atoms with E-state index in [1.807, 2.05) is 54.6 Å². The Bertz CT molecular complexity index is 779. The van der Waals surface area contributed by atoms with Crippen LogP contribution in [0.1, 0.15) is 40.0 Å².